The fourth-order valence-electron chi connectivity index (χ4n) is 1.12. The maximum absolute atomic E-state index is 12.3. The van der Waals surface area contributed by atoms with Crippen LogP contribution in [0.3, 0.4) is 0 Å². The summed E-state index contributed by atoms with van der Waals surface area (Å²) in [7, 11) is 0. The van der Waals surface area contributed by atoms with E-state index in [0.29, 0.717) is 0 Å². The van der Waals surface area contributed by atoms with Crippen LogP contribution in [-0.2, 0) is 0 Å². The monoisotopic (exact) mass is 186 g/mol. The number of halogens is 2. The van der Waals surface area contributed by atoms with Gasteiger partial charge in [0.15, 0.2) is 5.78 Å². The second-order valence-corrected chi connectivity index (χ2v) is 2.60. The van der Waals surface area contributed by atoms with Gasteiger partial charge in [-0.15, -0.1) is 0 Å². The molecule has 2 nitrogen and oxygen atoms in total. The fourth-order valence-corrected chi connectivity index (χ4v) is 1.12. The van der Waals surface area contributed by atoms with Gasteiger partial charge < -0.3 is 5.11 Å². The minimum atomic E-state index is -2.74. The number of aromatic hydroxyl groups is 1. The zero-order valence-electron chi connectivity index (χ0n) is 6.92. The molecule has 0 atom stereocenters. The molecular formula is C9H8F2O2. The summed E-state index contributed by atoms with van der Waals surface area (Å²) in [5, 5.41) is 9.16. The third-order valence-electron chi connectivity index (χ3n) is 1.66. The molecule has 0 aliphatic carbocycles. The number of benzene rings is 1. The van der Waals surface area contributed by atoms with Gasteiger partial charge in [-0.25, -0.2) is 8.78 Å². The Hall–Kier alpha value is -1.45. The van der Waals surface area contributed by atoms with Gasteiger partial charge in [0.1, 0.15) is 5.75 Å². The van der Waals surface area contributed by atoms with Crippen molar-refractivity contribution in [3.8, 4) is 5.75 Å². The molecule has 0 spiro atoms. The van der Waals surface area contributed by atoms with Crippen molar-refractivity contribution < 1.29 is 18.7 Å². The van der Waals surface area contributed by atoms with Crippen molar-refractivity contribution in [2.75, 3.05) is 0 Å². The second-order valence-electron chi connectivity index (χ2n) is 2.60. The molecule has 0 fully saturated rings. The average molecular weight is 186 g/mol. The predicted molar refractivity (Wildman–Crippen MR) is 43.1 cm³/mol. The van der Waals surface area contributed by atoms with E-state index >= 15 is 0 Å². The standard InChI is InChI=1S/C9H8F2O2/c1-5(12)8-6(9(10)11)3-2-4-7(8)13/h2-4,9,13H,1H3. The minimum absolute atomic E-state index is 0.294. The van der Waals surface area contributed by atoms with Gasteiger partial charge in [-0.3, -0.25) is 4.79 Å². The summed E-state index contributed by atoms with van der Waals surface area (Å²) in [5.74, 6) is -0.960. The molecule has 0 aromatic heterocycles. The van der Waals surface area contributed by atoms with E-state index in [0.717, 1.165) is 13.0 Å². The lowest BCUT2D eigenvalue weighted by Gasteiger charge is -2.06. The normalized spacial score (nSPS) is 10.5. The van der Waals surface area contributed by atoms with E-state index in [9.17, 15) is 13.6 Å². The van der Waals surface area contributed by atoms with E-state index in [1.165, 1.54) is 12.1 Å². The van der Waals surface area contributed by atoms with E-state index in [4.69, 9.17) is 5.11 Å². The summed E-state index contributed by atoms with van der Waals surface area (Å²) in [5.41, 5.74) is -0.718. The number of phenols is 1. The summed E-state index contributed by atoms with van der Waals surface area (Å²) in [6, 6.07) is 3.62. The maximum atomic E-state index is 12.3. The molecule has 0 aliphatic heterocycles. The maximum Gasteiger partial charge on any atom is 0.264 e. The van der Waals surface area contributed by atoms with Crippen LogP contribution >= 0.6 is 0 Å². The Labute approximate surface area is 73.8 Å². The molecule has 0 saturated heterocycles. The third kappa shape index (κ3) is 1.83. The first-order valence-corrected chi connectivity index (χ1v) is 3.65. The number of ketones is 1. The van der Waals surface area contributed by atoms with E-state index < -0.39 is 23.5 Å². The summed E-state index contributed by atoms with van der Waals surface area (Å²) in [6.45, 7) is 1.14. The van der Waals surface area contributed by atoms with Gasteiger partial charge >= 0.3 is 0 Å². The Morgan fingerprint density at radius 1 is 1.46 bits per heavy atom. The van der Waals surface area contributed by atoms with Gasteiger partial charge in [0, 0.05) is 5.56 Å². The molecule has 1 rings (SSSR count). The van der Waals surface area contributed by atoms with Crippen LogP contribution in [0.4, 0.5) is 8.78 Å². The molecule has 0 radical (unpaired) electrons. The Balaban J connectivity index is 3.34. The summed E-state index contributed by atoms with van der Waals surface area (Å²) in [4.78, 5) is 10.9. The van der Waals surface area contributed by atoms with Gasteiger partial charge in [0.2, 0.25) is 0 Å². The van der Waals surface area contributed by atoms with Gasteiger partial charge in [0.05, 0.1) is 5.56 Å². The molecule has 0 bridgehead atoms. The SMILES string of the molecule is CC(=O)c1c(O)cccc1C(F)F. The van der Waals surface area contributed by atoms with Crippen LogP contribution in [0.5, 0.6) is 5.75 Å². The molecule has 0 aliphatic rings. The minimum Gasteiger partial charge on any atom is -0.507 e. The number of hydrogen-bond acceptors (Lipinski definition) is 2. The lowest BCUT2D eigenvalue weighted by atomic mass is 10.0. The number of rotatable bonds is 2. The van der Waals surface area contributed by atoms with E-state index in [-0.39, 0.29) is 5.56 Å². The quantitative estimate of drug-likeness (QED) is 0.720. The van der Waals surface area contributed by atoms with Gasteiger partial charge in [-0.2, -0.15) is 0 Å². The van der Waals surface area contributed by atoms with Gasteiger partial charge in [0.25, 0.3) is 6.43 Å². The van der Waals surface area contributed by atoms with Crippen LogP contribution in [0.15, 0.2) is 18.2 Å². The molecule has 70 valence electrons. The Morgan fingerprint density at radius 2 is 2.08 bits per heavy atom. The number of hydrogen-bond donors (Lipinski definition) is 1. The largest absolute Gasteiger partial charge is 0.507 e. The van der Waals surface area contributed by atoms with Crippen LogP contribution in [-0.4, -0.2) is 10.9 Å². The van der Waals surface area contributed by atoms with Crippen molar-refractivity contribution in [1.82, 2.24) is 0 Å². The first-order valence-electron chi connectivity index (χ1n) is 3.65. The van der Waals surface area contributed by atoms with E-state index in [1.807, 2.05) is 0 Å². The van der Waals surface area contributed by atoms with Crippen molar-refractivity contribution in [2.24, 2.45) is 0 Å². The highest BCUT2D eigenvalue weighted by Gasteiger charge is 2.18. The van der Waals surface area contributed by atoms with E-state index in [1.54, 1.807) is 0 Å². The molecule has 0 heterocycles. The Bertz CT molecular complexity index is 334. The summed E-state index contributed by atoms with van der Waals surface area (Å²) >= 11 is 0. The number of carbonyl (C=O) groups is 1. The fraction of sp³-hybridized carbons (Fsp3) is 0.222. The van der Waals surface area contributed by atoms with Crippen LogP contribution in [0.2, 0.25) is 0 Å². The average Bonchev–Trinajstić information content (AvgIpc) is 2.02. The number of carbonyl (C=O) groups excluding carboxylic acids is 1. The predicted octanol–water partition coefficient (Wildman–Crippen LogP) is 2.53. The topological polar surface area (TPSA) is 37.3 Å². The second kappa shape index (κ2) is 3.51. The Morgan fingerprint density at radius 3 is 2.46 bits per heavy atom. The zero-order chi connectivity index (χ0) is 10.0. The van der Waals surface area contributed by atoms with Gasteiger partial charge in [-0.05, 0) is 13.0 Å². The van der Waals surface area contributed by atoms with Crippen LogP contribution in [0, 0.1) is 0 Å². The first-order chi connectivity index (χ1) is 6.04. The lowest BCUT2D eigenvalue weighted by molar-refractivity contribution is 0.0995. The zero-order valence-corrected chi connectivity index (χ0v) is 6.92. The summed E-state index contributed by atoms with van der Waals surface area (Å²) < 4.78 is 24.6. The molecule has 0 amide bonds. The molecule has 1 aromatic rings. The van der Waals surface area contributed by atoms with Crippen molar-refractivity contribution >= 4 is 5.78 Å². The molecule has 4 heteroatoms. The molecule has 0 saturated carbocycles. The molecule has 13 heavy (non-hydrogen) atoms. The van der Waals surface area contributed by atoms with Crippen LogP contribution in [0.25, 0.3) is 0 Å². The number of Topliss-reactive ketones (excluding diaryl/α,β-unsaturated/α-hetero) is 1. The highest BCUT2D eigenvalue weighted by Crippen LogP contribution is 2.29. The van der Waals surface area contributed by atoms with Crippen molar-refractivity contribution in [3.05, 3.63) is 29.3 Å². The smallest absolute Gasteiger partial charge is 0.264 e. The Kier molecular flexibility index (Phi) is 2.60. The van der Waals surface area contributed by atoms with Crippen molar-refractivity contribution in [2.45, 2.75) is 13.3 Å². The first kappa shape index (κ1) is 9.64. The number of phenolic OH excluding ortho intramolecular Hbond substituents is 1. The molecule has 1 aromatic carbocycles. The van der Waals surface area contributed by atoms with E-state index in [2.05, 4.69) is 0 Å². The molecular weight excluding hydrogens is 178 g/mol. The van der Waals surface area contributed by atoms with Crippen LogP contribution in [0.1, 0.15) is 29.3 Å². The van der Waals surface area contributed by atoms with Gasteiger partial charge in [-0.1, -0.05) is 12.1 Å². The van der Waals surface area contributed by atoms with Crippen LogP contribution < -0.4 is 0 Å². The van der Waals surface area contributed by atoms with Crippen molar-refractivity contribution in [3.63, 3.8) is 0 Å². The highest BCUT2D eigenvalue weighted by molar-refractivity contribution is 5.98. The molecule has 0 unspecified atom stereocenters. The third-order valence-corrected chi connectivity index (χ3v) is 1.66. The summed E-state index contributed by atoms with van der Waals surface area (Å²) in [6.07, 6.45) is -2.74. The number of alkyl halides is 2. The lowest BCUT2D eigenvalue weighted by Crippen LogP contribution is -2.00. The molecule has 1 N–H and O–H groups in total. The van der Waals surface area contributed by atoms with Crippen molar-refractivity contribution in [1.29, 1.82) is 0 Å². The highest BCUT2D eigenvalue weighted by atomic mass is 19.3.